The molecule has 1 aliphatic carbocycles. The van der Waals surface area contributed by atoms with E-state index in [9.17, 15) is 0 Å². The van der Waals surface area contributed by atoms with Gasteiger partial charge in [-0.1, -0.05) is 6.07 Å². The first-order valence-electron chi connectivity index (χ1n) is 5.00. The Morgan fingerprint density at radius 2 is 2.29 bits per heavy atom. The predicted octanol–water partition coefficient (Wildman–Crippen LogP) is 1.51. The highest BCUT2D eigenvalue weighted by Crippen LogP contribution is 2.36. The van der Waals surface area contributed by atoms with E-state index in [0.717, 1.165) is 12.8 Å². The topological polar surface area (TPSA) is 48.1 Å². The van der Waals surface area contributed by atoms with E-state index in [-0.39, 0.29) is 5.54 Å². The zero-order valence-electron chi connectivity index (χ0n) is 8.49. The number of pyridine rings is 1. The van der Waals surface area contributed by atoms with Gasteiger partial charge in [-0.3, -0.25) is 0 Å². The Kier molecular flexibility index (Phi) is 2.42. The van der Waals surface area contributed by atoms with Crippen LogP contribution in [-0.2, 0) is 6.42 Å². The molecule has 1 heterocycles. The summed E-state index contributed by atoms with van der Waals surface area (Å²) in [6.07, 6.45) is 6.31. The fourth-order valence-corrected chi connectivity index (χ4v) is 1.48. The van der Waals surface area contributed by atoms with Crippen molar-refractivity contribution in [3.63, 3.8) is 0 Å². The second-order valence-electron chi connectivity index (χ2n) is 4.07. The van der Waals surface area contributed by atoms with E-state index in [0.29, 0.717) is 5.88 Å². The summed E-state index contributed by atoms with van der Waals surface area (Å²) in [7, 11) is 1.63. The van der Waals surface area contributed by atoms with Crippen LogP contribution in [0.4, 0.5) is 0 Å². The van der Waals surface area contributed by atoms with Gasteiger partial charge in [-0.2, -0.15) is 0 Å². The van der Waals surface area contributed by atoms with E-state index in [1.165, 1.54) is 18.4 Å². The molecule has 2 rings (SSSR count). The van der Waals surface area contributed by atoms with Gasteiger partial charge < -0.3 is 10.5 Å². The van der Waals surface area contributed by atoms with Crippen LogP contribution < -0.4 is 10.5 Å². The van der Waals surface area contributed by atoms with Gasteiger partial charge >= 0.3 is 0 Å². The number of rotatable bonds is 4. The summed E-state index contributed by atoms with van der Waals surface area (Å²) in [6, 6.07) is 3.95. The fraction of sp³-hybridized carbons (Fsp3) is 0.545. The number of ether oxygens (including phenoxy) is 1. The lowest BCUT2D eigenvalue weighted by atomic mass is 10.1. The maximum Gasteiger partial charge on any atom is 0.212 e. The molecule has 1 aromatic rings. The van der Waals surface area contributed by atoms with Gasteiger partial charge in [0, 0.05) is 17.8 Å². The summed E-state index contributed by atoms with van der Waals surface area (Å²) in [4.78, 5) is 4.16. The molecule has 0 radical (unpaired) electrons. The highest BCUT2D eigenvalue weighted by molar-refractivity contribution is 5.18. The van der Waals surface area contributed by atoms with Crippen molar-refractivity contribution in [3.05, 3.63) is 23.9 Å². The largest absolute Gasteiger partial charge is 0.481 e. The van der Waals surface area contributed by atoms with E-state index in [4.69, 9.17) is 10.5 Å². The first-order valence-corrected chi connectivity index (χ1v) is 5.00. The fourth-order valence-electron chi connectivity index (χ4n) is 1.48. The van der Waals surface area contributed by atoms with Gasteiger partial charge in [0.1, 0.15) is 0 Å². The number of hydrogen-bond donors (Lipinski definition) is 1. The molecule has 0 spiro atoms. The van der Waals surface area contributed by atoms with Crippen LogP contribution >= 0.6 is 0 Å². The molecule has 1 aromatic heterocycles. The van der Waals surface area contributed by atoms with Gasteiger partial charge in [0.2, 0.25) is 5.88 Å². The average Bonchev–Trinajstić information content (AvgIpc) is 2.95. The molecule has 0 unspecified atom stereocenters. The standard InChI is InChI=1S/C11H16N2O/c1-14-10-3-2-9(8-13-10)4-5-11(12)6-7-11/h2-3,8H,4-7,12H2,1H3. The first kappa shape index (κ1) is 9.46. The van der Waals surface area contributed by atoms with Crippen LogP contribution in [0.1, 0.15) is 24.8 Å². The van der Waals surface area contributed by atoms with Crippen molar-refractivity contribution in [3.8, 4) is 5.88 Å². The lowest BCUT2D eigenvalue weighted by Crippen LogP contribution is -2.22. The number of aryl methyl sites for hydroxylation is 1. The SMILES string of the molecule is COc1ccc(CCC2(N)CC2)cn1. The van der Waals surface area contributed by atoms with Gasteiger partial charge in [-0.25, -0.2) is 4.98 Å². The summed E-state index contributed by atoms with van der Waals surface area (Å²) in [5, 5.41) is 0. The zero-order valence-corrected chi connectivity index (χ0v) is 8.49. The smallest absolute Gasteiger partial charge is 0.212 e. The number of hydrogen-bond acceptors (Lipinski definition) is 3. The van der Waals surface area contributed by atoms with E-state index >= 15 is 0 Å². The zero-order chi connectivity index (χ0) is 10.0. The molecule has 2 N–H and O–H groups in total. The monoisotopic (exact) mass is 192 g/mol. The first-order chi connectivity index (χ1) is 6.72. The van der Waals surface area contributed by atoms with Gasteiger partial charge in [0.15, 0.2) is 0 Å². The molecule has 14 heavy (non-hydrogen) atoms. The molecule has 0 atom stereocenters. The van der Waals surface area contributed by atoms with Crippen molar-refractivity contribution >= 4 is 0 Å². The lowest BCUT2D eigenvalue weighted by molar-refractivity contribution is 0.397. The highest BCUT2D eigenvalue weighted by atomic mass is 16.5. The minimum atomic E-state index is 0.139. The summed E-state index contributed by atoms with van der Waals surface area (Å²) in [6.45, 7) is 0. The third kappa shape index (κ3) is 2.23. The summed E-state index contributed by atoms with van der Waals surface area (Å²) in [5.41, 5.74) is 7.38. The van der Waals surface area contributed by atoms with E-state index in [1.807, 2.05) is 12.3 Å². The van der Waals surface area contributed by atoms with Crippen LogP contribution in [0.25, 0.3) is 0 Å². The van der Waals surface area contributed by atoms with Crippen LogP contribution in [0.5, 0.6) is 5.88 Å². The minimum absolute atomic E-state index is 0.139. The molecule has 0 bridgehead atoms. The van der Waals surface area contributed by atoms with Gasteiger partial charge in [-0.15, -0.1) is 0 Å². The molecule has 0 amide bonds. The van der Waals surface area contributed by atoms with Crippen molar-refractivity contribution in [2.45, 2.75) is 31.2 Å². The molecule has 1 fully saturated rings. The maximum atomic E-state index is 6.01. The molecule has 1 saturated carbocycles. The van der Waals surface area contributed by atoms with Crippen LogP contribution in [0.15, 0.2) is 18.3 Å². The van der Waals surface area contributed by atoms with Crippen LogP contribution in [0.2, 0.25) is 0 Å². The number of methoxy groups -OCH3 is 1. The summed E-state index contributed by atoms with van der Waals surface area (Å²) < 4.78 is 4.99. The predicted molar refractivity (Wildman–Crippen MR) is 55.3 cm³/mol. The number of aromatic nitrogens is 1. The third-order valence-electron chi connectivity index (χ3n) is 2.81. The Hall–Kier alpha value is -1.09. The molecular weight excluding hydrogens is 176 g/mol. The molecule has 1 aliphatic rings. The summed E-state index contributed by atoms with van der Waals surface area (Å²) >= 11 is 0. The van der Waals surface area contributed by atoms with E-state index < -0.39 is 0 Å². The molecule has 0 aliphatic heterocycles. The van der Waals surface area contributed by atoms with Crippen LogP contribution in [-0.4, -0.2) is 17.6 Å². The maximum absolute atomic E-state index is 6.01. The molecule has 0 aromatic carbocycles. The Morgan fingerprint density at radius 3 is 2.79 bits per heavy atom. The Labute approximate surface area is 84.3 Å². The van der Waals surface area contributed by atoms with Crippen molar-refractivity contribution in [1.82, 2.24) is 4.98 Å². The molecule has 0 saturated heterocycles. The van der Waals surface area contributed by atoms with Gasteiger partial charge in [0.05, 0.1) is 7.11 Å². The summed E-state index contributed by atoms with van der Waals surface area (Å²) in [5.74, 6) is 0.669. The minimum Gasteiger partial charge on any atom is -0.481 e. The van der Waals surface area contributed by atoms with Crippen molar-refractivity contribution in [2.24, 2.45) is 5.73 Å². The highest BCUT2D eigenvalue weighted by Gasteiger charge is 2.37. The van der Waals surface area contributed by atoms with Crippen molar-refractivity contribution < 1.29 is 4.74 Å². The Morgan fingerprint density at radius 1 is 1.50 bits per heavy atom. The van der Waals surface area contributed by atoms with E-state index in [1.54, 1.807) is 7.11 Å². The quantitative estimate of drug-likeness (QED) is 0.786. The van der Waals surface area contributed by atoms with Crippen LogP contribution in [0.3, 0.4) is 0 Å². The second-order valence-corrected chi connectivity index (χ2v) is 4.07. The molecule has 3 nitrogen and oxygen atoms in total. The van der Waals surface area contributed by atoms with Crippen molar-refractivity contribution in [2.75, 3.05) is 7.11 Å². The third-order valence-corrected chi connectivity index (χ3v) is 2.81. The van der Waals surface area contributed by atoms with Crippen molar-refractivity contribution in [1.29, 1.82) is 0 Å². The molecule has 76 valence electrons. The second kappa shape index (κ2) is 3.58. The Bertz CT molecular complexity index is 304. The van der Waals surface area contributed by atoms with E-state index in [2.05, 4.69) is 11.1 Å². The number of nitrogens with two attached hydrogens (primary N) is 1. The van der Waals surface area contributed by atoms with Crippen LogP contribution in [0, 0.1) is 0 Å². The Balaban J connectivity index is 1.89. The molecule has 3 heteroatoms. The molecular formula is C11H16N2O. The van der Waals surface area contributed by atoms with Gasteiger partial charge in [-0.05, 0) is 31.2 Å². The van der Waals surface area contributed by atoms with Gasteiger partial charge in [0.25, 0.3) is 0 Å². The normalized spacial score (nSPS) is 17.9. The average molecular weight is 192 g/mol. The lowest BCUT2D eigenvalue weighted by Gasteiger charge is -2.07. The number of nitrogens with zero attached hydrogens (tertiary/aromatic N) is 1.